The zero-order valence-corrected chi connectivity index (χ0v) is 22.6. The first-order valence-corrected chi connectivity index (χ1v) is 13.2. The molecule has 2 saturated carbocycles. The van der Waals surface area contributed by atoms with E-state index in [-0.39, 0.29) is 11.8 Å². The fourth-order valence-electron chi connectivity index (χ4n) is 6.91. The first-order chi connectivity index (χ1) is 18.8. The molecule has 0 unspecified atom stereocenters. The van der Waals surface area contributed by atoms with Gasteiger partial charge in [0, 0.05) is 24.4 Å². The second kappa shape index (κ2) is 8.95. The number of hydrogen-bond acceptors (Lipinski definition) is 8. The number of aliphatic hydroxyl groups is 2. The number of methoxy groups -OCH3 is 2. The maximum Gasteiger partial charge on any atom is 0.226 e. The van der Waals surface area contributed by atoms with Gasteiger partial charge in [-0.1, -0.05) is 54.6 Å². The third kappa shape index (κ3) is 3.43. The van der Waals surface area contributed by atoms with Crippen LogP contribution in [0, 0.1) is 17.2 Å². The van der Waals surface area contributed by atoms with Crippen LogP contribution in [0.1, 0.15) is 41.0 Å². The molecule has 2 aliphatic carbocycles. The van der Waals surface area contributed by atoms with Gasteiger partial charge in [-0.2, -0.15) is 10.2 Å². The number of hydrogen-bond donors (Lipinski definition) is 2. The predicted octanol–water partition coefficient (Wildman–Crippen LogP) is 3.47. The second-order valence-corrected chi connectivity index (χ2v) is 11.2. The zero-order chi connectivity index (χ0) is 27.6. The smallest absolute Gasteiger partial charge is 0.226 e. The van der Waals surface area contributed by atoms with Crippen LogP contribution in [-0.4, -0.2) is 61.1 Å². The molecule has 8 nitrogen and oxygen atoms in total. The van der Waals surface area contributed by atoms with Gasteiger partial charge in [-0.3, -0.25) is 0 Å². The molecule has 0 spiro atoms. The highest BCUT2D eigenvalue weighted by Crippen LogP contribution is 2.70. The summed E-state index contributed by atoms with van der Waals surface area (Å²) in [4.78, 5) is 6.47. The monoisotopic (exact) mass is 527 g/mol. The van der Waals surface area contributed by atoms with Crippen LogP contribution in [0.4, 0.5) is 0 Å². The summed E-state index contributed by atoms with van der Waals surface area (Å²) < 4.78 is 18.0. The van der Waals surface area contributed by atoms with Crippen LogP contribution < -0.4 is 14.2 Å². The molecule has 3 aromatic rings. The largest absolute Gasteiger partial charge is 0.481 e. The van der Waals surface area contributed by atoms with Gasteiger partial charge in [-0.15, -0.1) is 0 Å². The maximum atomic E-state index is 12.9. The van der Waals surface area contributed by atoms with E-state index < -0.39 is 34.6 Å². The topological polar surface area (TPSA) is 108 Å². The lowest BCUT2D eigenvalue weighted by molar-refractivity contribution is -0.152. The summed E-state index contributed by atoms with van der Waals surface area (Å²) in [7, 11) is 6.88. The molecule has 0 amide bonds. The van der Waals surface area contributed by atoms with E-state index in [1.807, 2.05) is 73.6 Å². The van der Waals surface area contributed by atoms with Crippen molar-refractivity contribution in [2.75, 3.05) is 34.9 Å². The molecular formula is C31H33N3O5. The summed E-state index contributed by atoms with van der Waals surface area (Å²) >= 11 is 0. The summed E-state index contributed by atoms with van der Waals surface area (Å²) in [6.07, 6.45) is 0.446. The zero-order valence-electron chi connectivity index (χ0n) is 22.6. The highest BCUT2D eigenvalue weighted by Gasteiger charge is 2.77. The molecule has 6 rings (SSSR count). The van der Waals surface area contributed by atoms with Crippen molar-refractivity contribution in [1.82, 2.24) is 9.88 Å². The number of rotatable bonds is 7. The number of aromatic nitrogens is 1. The molecule has 1 aromatic heterocycles. The van der Waals surface area contributed by atoms with Crippen molar-refractivity contribution in [2.24, 2.45) is 5.92 Å². The minimum absolute atomic E-state index is 0.142. The van der Waals surface area contributed by atoms with Crippen molar-refractivity contribution in [3.8, 4) is 23.6 Å². The summed E-state index contributed by atoms with van der Waals surface area (Å²) in [5, 5.41) is 34.8. The van der Waals surface area contributed by atoms with Crippen molar-refractivity contribution in [3.63, 3.8) is 0 Å². The molecule has 2 fully saturated rings. The first-order valence-electron chi connectivity index (χ1n) is 13.2. The van der Waals surface area contributed by atoms with Gasteiger partial charge in [0.15, 0.2) is 11.2 Å². The minimum atomic E-state index is -1.90. The van der Waals surface area contributed by atoms with Gasteiger partial charge in [-0.25, -0.2) is 0 Å². The average Bonchev–Trinajstić information content (AvgIpc) is 3.68. The van der Waals surface area contributed by atoms with Crippen LogP contribution in [0.5, 0.6) is 17.5 Å². The lowest BCUT2D eigenvalue weighted by atomic mass is 9.70. The minimum Gasteiger partial charge on any atom is -0.481 e. The molecule has 8 heteroatoms. The molecule has 1 aliphatic heterocycles. The molecule has 39 heavy (non-hydrogen) atoms. The Hall–Kier alpha value is -3.64. The van der Waals surface area contributed by atoms with Crippen molar-refractivity contribution in [1.29, 1.82) is 5.26 Å². The van der Waals surface area contributed by atoms with E-state index in [1.165, 1.54) is 14.2 Å². The van der Waals surface area contributed by atoms with Gasteiger partial charge in [0.05, 0.1) is 37.4 Å². The SMILES string of the molecule is COc1cc2c(c(OC)n1)[C@]1(O)[C@H](O)[C@H](CN(C)C)[C@@H](c3ccccc3)[C@]1(c1ccc(C3(C#N)CC3)cc1)O2. The lowest BCUT2D eigenvalue weighted by Gasteiger charge is -2.41. The molecule has 0 saturated heterocycles. The van der Waals surface area contributed by atoms with Crippen LogP contribution in [0.3, 0.4) is 0 Å². The van der Waals surface area contributed by atoms with E-state index in [0.717, 1.165) is 24.0 Å². The molecule has 3 aliphatic rings. The number of ether oxygens (including phenoxy) is 3. The number of benzene rings is 2. The molecule has 202 valence electrons. The predicted molar refractivity (Wildman–Crippen MR) is 144 cm³/mol. The molecule has 5 atom stereocenters. The van der Waals surface area contributed by atoms with Gasteiger partial charge in [0.1, 0.15) is 5.75 Å². The van der Waals surface area contributed by atoms with Crippen LogP contribution in [-0.2, 0) is 16.6 Å². The van der Waals surface area contributed by atoms with Crippen LogP contribution in [0.25, 0.3) is 0 Å². The van der Waals surface area contributed by atoms with Gasteiger partial charge < -0.3 is 29.3 Å². The van der Waals surface area contributed by atoms with Crippen LogP contribution >= 0.6 is 0 Å². The van der Waals surface area contributed by atoms with Gasteiger partial charge in [-0.05, 0) is 43.6 Å². The third-order valence-electron chi connectivity index (χ3n) is 8.81. The van der Waals surface area contributed by atoms with Crippen molar-refractivity contribution in [3.05, 3.63) is 82.9 Å². The van der Waals surface area contributed by atoms with E-state index in [9.17, 15) is 15.5 Å². The first kappa shape index (κ1) is 25.6. The third-order valence-corrected chi connectivity index (χ3v) is 8.81. The Balaban J connectivity index is 1.64. The second-order valence-electron chi connectivity index (χ2n) is 11.2. The Morgan fingerprint density at radius 1 is 1.05 bits per heavy atom. The number of fused-ring (bicyclic) bond motifs is 3. The summed E-state index contributed by atoms with van der Waals surface area (Å²) in [5.41, 5.74) is -0.875. The fourth-order valence-corrected chi connectivity index (χ4v) is 6.91. The normalized spacial score (nSPS) is 29.7. The Morgan fingerprint density at radius 3 is 2.28 bits per heavy atom. The van der Waals surface area contributed by atoms with E-state index in [1.54, 1.807) is 6.07 Å². The summed E-state index contributed by atoms with van der Waals surface area (Å²) in [5.74, 6) is -0.0749. The number of nitrogens with zero attached hydrogens (tertiary/aromatic N) is 3. The van der Waals surface area contributed by atoms with Gasteiger partial charge in [0.2, 0.25) is 11.8 Å². The molecule has 0 bridgehead atoms. The molecule has 2 aromatic carbocycles. The standard InChI is InChI=1S/C31H33N3O5/c1-34(2)17-22-25(19-8-6-5-7-9-19)31(21-12-10-20(11-13-21)29(18-32)14-15-29)30(36,27(22)35)26-23(39-31)16-24(37-3)33-28(26)38-4/h5-13,16,22,25,27,35-36H,14-15,17H2,1-4H3/t22-,25-,27-,30+,31+/m1/s1. The van der Waals surface area contributed by atoms with Crippen LogP contribution in [0.15, 0.2) is 60.7 Å². The molecule has 2 heterocycles. The highest BCUT2D eigenvalue weighted by molar-refractivity contribution is 5.60. The number of pyridine rings is 1. The Kier molecular flexibility index (Phi) is 5.88. The lowest BCUT2D eigenvalue weighted by Crippen LogP contribution is -2.52. The van der Waals surface area contributed by atoms with Crippen LogP contribution in [0.2, 0.25) is 0 Å². The average molecular weight is 528 g/mol. The molecular weight excluding hydrogens is 494 g/mol. The Morgan fingerprint density at radius 2 is 1.72 bits per heavy atom. The highest BCUT2D eigenvalue weighted by atomic mass is 16.5. The molecule has 0 radical (unpaired) electrons. The number of nitriles is 1. The van der Waals surface area contributed by atoms with Crippen molar-refractivity contribution >= 4 is 0 Å². The Labute approximate surface area is 228 Å². The fraction of sp³-hybridized carbons (Fsp3) is 0.419. The summed E-state index contributed by atoms with van der Waals surface area (Å²) in [6, 6.07) is 21.8. The quantitative estimate of drug-likeness (QED) is 0.481. The maximum absolute atomic E-state index is 12.9. The van der Waals surface area contributed by atoms with Crippen molar-refractivity contribution < 1.29 is 24.4 Å². The van der Waals surface area contributed by atoms with E-state index >= 15 is 0 Å². The van der Waals surface area contributed by atoms with Gasteiger partial charge >= 0.3 is 0 Å². The Bertz CT molecular complexity index is 1430. The van der Waals surface area contributed by atoms with Crippen molar-refractivity contribution in [2.45, 2.75) is 41.5 Å². The number of aliphatic hydroxyl groups excluding tert-OH is 1. The van der Waals surface area contributed by atoms with Gasteiger partial charge in [0.25, 0.3) is 0 Å². The summed E-state index contributed by atoms with van der Waals surface area (Å²) in [6.45, 7) is 0.505. The molecule has 2 N–H and O–H groups in total. The van der Waals surface area contributed by atoms with E-state index in [2.05, 4.69) is 11.1 Å². The van der Waals surface area contributed by atoms with E-state index in [4.69, 9.17) is 14.2 Å². The van der Waals surface area contributed by atoms with E-state index in [0.29, 0.717) is 23.4 Å².